The molecule has 2 rings (SSSR count). The molecule has 1 aliphatic rings. The fourth-order valence-electron chi connectivity index (χ4n) is 2.37. The van der Waals surface area contributed by atoms with Crippen LogP contribution in [0.2, 0.25) is 0 Å². The smallest absolute Gasteiger partial charge is 0.319 e. The molecule has 6 heteroatoms. The van der Waals surface area contributed by atoms with Gasteiger partial charge in [0, 0.05) is 52.2 Å². The number of urea groups is 1. The highest BCUT2D eigenvalue weighted by molar-refractivity contribution is 5.73. The normalized spacial score (nSPS) is 16.6. The van der Waals surface area contributed by atoms with Gasteiger partial charge in [-0.05, 0) is 18.9 Å². The van der Waals surface area contributed by atoms with Crippen LogP contribution < -0.4 is 5.32 Å². The number of hydrogen-bond acceptors (Lipinski definition) is 3. The van der Waals surface area contributed by atoms with Crippen LogP contribution in [-0.2, 0) is 6.54 Å². The number of hydrogen-bond donors (Lipinski definition) is 1. The van der Waals surface area contributed by atoms with Gasteiger partial charge in [-0.1, -0.05) is 0 Å². The molecule has 0 spiro atoms. The van der Waals surface area contributed by atoms with E-state index in [0.29, 0.717) is 6.04 Å². The van der Waals surface area contributed by atoms with Crippen molar-refractivity contribution in [2.45, 2.75) is 25.4 Å². The van der Waals surface area contributed by atoms with Crippen LogP contribution in [0.3, 0.4) is 0 Å². The average Bonchev–Trinajstić information content (AvgIpc) is 2.92. The number of nitrogens with one attached hydrogen (secondary N) is 1. The van der Waals surface area contributed by atoms with E-state index < -0.39 is 0 Å². The van der Waals surface area contributed by atoms with Gasteiger partial charge in [0.1, 0.15) is 0 Å². The Morgan fingerprint density at radius 3 is 2.74 bits per heavy atom. The van der Waals surface area contributed by atoms with Gasteiger partial charge in [0.15, 0.2) is 0 Å². The van der Waals surface area contributed by atoms with Crippen molar-refractivity contribution < 1.29 is 4.79 Å². The maximum Gasteiger partial charge on any atom is 0.319 e. The summed E-state index contributed by atoms with van der Waals surface area (Å²) in [6, 6.07) is 2.57. The van der Waals surface area contributed by atoms with E-state index in [0.717, 1.165) is 39.0 Å². The molecule has 1 aliphatic heterocycles. The predicted molar refractivity (Wildman–Crippen MR) is 73.9 cm³/mol. The zero-order valence-electron chi connectivity index (χ0n) is 11.7. The van der Waals surface area contributed by atoms with Crippen LogP contribution in [0.25, 0.3) is 0 Å². The first-order chi connectivity index (χ1) is 9.16. The SMILES string of the molecule is CN(C)C(=O)N1CCC(NCCn2cccn2)CC1. The highest BCUT2D eigenvalue weighted by Gasteiger charge is 2.23. The lowest BCUT2D eigenvalue weighted by molar-refractivity contribution is 0.152. The fraction of sp³-hybridized carbons (Fsp3) is 0.692. The molecule has 0 aliphatic carbocycles. The predicted octanol–water partition coefficient (Wildman–Crippen LogP) is 0.619. The van der Waals surface area contributed by atoms with Gasteiger partial charge < -0.3 is 15.1 Å². The van der Waals surface area contributed by atoms with Crippen molar-refractivity contribution in [3.63, 3.8) is 0 Å². The fourth-order valence-corrected chi connectivity index (χ4v) is 2.37. The van der Waals surface area contributed by atoms with Gasteiger partial charge in [-0.25, -0.2) is 4.79 Å². The third kappa shape index (κ3) is 3.96. The number of carbonyl (C=O) groups is 1. The Balaban J connectivity index is 1.65. The molecule has 106 valence electrons. The summed E-state index contributed by atoms with van der Waals surface area (Å²) < 4.78 is 1.93. The van der Waals surface area contributed by atoms with Crippen LogP contribution in [0, 0.1) is 0 Å². The summed E-state index contributed by atoms with van der Waals surface area (Å²) in [5, 5.41) is 7.71. The van der Waals surface area contributed by atoms with Crippen molar-refractivity contribution in [2.75, 3.05) is 33.7 Å². The molecule has 0 atom stereocenters. The summed E-state index contributed by atoms with van der Waals surface area (Å²) in [4.78, 5) is 15.4. The second-order valence-electron chi connectivity index (χ2n) is 5.16. The van der Waals surface area contributed by atoms with Crippen LogP contribution in [0.15, 0.2) is 18.5 Å². The number of nitrogens with zero attached hydrogens (tertiary/aromatic N) is 4. The topological polar surface area (TPSA) is 53.4 Å². The van der Waals surface area contributed by atoms with Crippen LogP contribution in [0.5, 0.6) is 0 Å². The lowest BCUT2D eigenvalue weighted by atomic mass is 10.1. The molecule has 0 bridgehead atoms. The van der Waals surface area contributed by atoms with E-state index in [9.17, 15) is 4.79 Å². The summed E-state index contributed by atoms with van der Waals surface area (Å²) >= 11 is 0. The molecular weight excluding hydrogens is 242 g/mol. The van der Waals surface area contributed by atoms with Crippen molar-refractivity contribution in [1.29, 1.82) is 0 Å². The molecule has 0 unspecified atom stereocenters. The zero-order valence-corrected chi connectivity index (χ0v) is 11.7. The third-order valence-corrected chi connectivity index (χ3v) is 3.48. The van der Waals surface area contributed by atoms with Crippen molar-refractivity contribution in [1.82, 2.24) is 24.9 Å². The first-order valence-corrected chi connectivity index (χ1v) is 6.84. The quantitative estimate of drug-likeness (QED) is 0.868. The van der Waals surface area contributed by atoms with Gasteiger partial charge in [-0.15, -0.1) is 0 Å². The Labute approximate surface area is 114 Å². The molecule has 0 saturated carbocycles. The zero-order chi connectivity index (χ0) is 13.7. The second kappa shape index (κ2) is 6.56. The molecule has 1 saturated heterocycles. The van der Waals surface area contributed by atoms with E-state index in [1.54, 1.807) is 25.2 Å². The molecule has 19 heavy (non-hydrogen) atoms. The van der Waals surface area contributed by atoms with Crippen LogP contribution in [0.4, 0.5) is 4.79 Å². The van der Waals surface area contributed by atoms with Gasteiger partial charge in [0.2, 0.25) is 0 Å². The van der Waals surface area contributed by atoms with E-state index in [4.69, 9.17) is 0 Å². The molecule has 1 N–H and O–H groups in total. The van der Waals surface area contributed by atoms with E-state index in [-0.39, 0.29) is 6.03 Å². The summed E-state index contributed by atoms with van der Waals surface area (Å²) in [5.41, 5.74) is 0. The molecule has 1 aromatic rings. The standard InChI is InChI=1S/C13H23N5O/c1-16(2)13(19)17-9-4-12(5-10-17)14-7-11-18-8-3-6-15-18/h3,6,8,12,14H,4-5,7,9-11H2,1-2H3. The van der Waals surface area contributed by atoms with Crippen molar-refractivity contribution >= 4 is 6.03 Å². The molecule has 2 amide bonds. The molecular formula is C13H23N5O. The Kier molecular flexibility index (Phi) is 4.79. The molecule has 0 radical (unpaired) electrons. The molecule has 6 nitrogen and oxygen atoms in total. The van der Waals surface area contributed by atoms with Gasteiger partial charge in [-0.3, -0.25) is 4.68 Å². The van der Waals surface area contributed by atoms with Gasteiger partial charge in [0.25, 0.3) is 0 Å². The Morgan fingerprint density at radius 2 is 2.16 bits per heavy atom. The Bertz CT molecular complexity index is 382. The van der Waals surface area contributed by atoms with Crippen LogP contribution >= 0.6 is 0 Å². The van der Waals surface area contributed by atoms with E-state index in [1.807, 2.05) is 21.8 Å². The first-order valence-electron chi connectivity index (χ1n) is 6.84. The number of aromatic nitrogens is 2. The van der Waals surface area contributed by atoms with Crippen molar-refractivity contribution in [2.24, 2.45) is 0 Å². The number of carbonyl (C=O) groups excluding carboxylic acids is 1. The second-order valence-corrected chi connectivity index (χ2v) is 5.16. The highest BCUT2D eigenvalue weighted by Crippen LogP contribution is 2.11. The summed E-state index contributed by atoms with van der Waals surface area (Å²) in [6.07, 6.45) is 5.82. The maximum atomic E-state index is 11.8. The lowest BCUT2D eigenvalue weighted by Crippen LogP contribution is -2.48. The average molecular weight is 265 g/mol. The van der Waals surface area contributed by atoms with Gasteiger partial charge >= 0.3 is 6.03 Å². The van der Waals surface area contributed by atoms with E-state index >= 15 is 0 Å². The monoisotopic (exact) mass is 265 g/mol. The number of likely N-dealkylation sites (tertiary alicyclic amines) is 1. The summed E-state index contributed by atoms with van der Waals surface area (Å²) in [7, 11) is 3.60. The van der Waals surface area contributed by atoms with Gasteiger partial charge in [-0.2, -0.15) is 5.10 Å². The van der Waals surface area contributed by atoms with E-state index in [2.05, 4.69) is 10.4 Å². The maximum absolute atomic E-state index is 11.8. The minimum atomic E-state index is 0.120. The van der Waals surface area contributed by atoms with Crippen molar-refractivity contribution in [3.8, 4) is 0 Å². The largest absolute Gasteiger partial charge is 0.331 e. The highest BCUT2D eigenvalue weighted by atomic mass is 16.2. The Morgan fingerprint density at radius 1 is 1.42 bits per heavy atom. The minimum Gasteiger partial charge on any atom is -0.331 e. The van der Waals surface area contributed by atoms with E-state index in [1.165, 1.54) is 0 Å². The number of amides is 2. The first kappa shape index (κ1) is 13.9. The summed E-state index contributed by atoms with van der Waals surface area (Å²) in [5.74, 6) is 0. The van der Waals surface area contributed by atoms with Crippen molar-refractivity contribution in [3.05, 3.63) is 18.5 Å². The van der Waals surface area contributed by atoms with Gasteiger partial charge in [0.05, 0.1) is 6.54 Å². The summed E-state index contributed by atoms with van der Waals surface area (Å²) in [6.45, 7) is 3.50. The minimum absolute atomic E-state index is 0.120. The lowest BCUT2D eigenvalue weighted by Gasteiger charge is -2.34. The molecule has 2 heterocycles. The Hall–Kier alpha value is -1.56. The molecule has 1 fully saturated rings. The molecule has 0 aromatic carbocycles. The molecule has 1 aromatic heterocycles. The van der Waals surface area contributed by atoms with Crippen LogP contribution in [-0.4, -0.2) is 65.4 Å². The third-order valence-electron chi connectivity index (χ3n) is 3.48. The number of piperidine rings is 1. The van der Waals surface area contributed by atoms with Crippen LogP contribution in [0.1, 0.15) is 12.8 Å². The number of rotatable bonds is 4.